The fourth-order valence-electron chi connectivity index (χ4n) is 6.81. The smallest absolute Gasteiger partial charge is 0.0145 e. The molecule has 3 aliphatic carbocycles. The molecule has 0 aliphatic heterocycles. The van der Waals surface area contributed by atoms with Gasteiger partial charge >= 0.3 is 0 Å². The third kappa shape index (κ3) is 6.00. The lowest BCUT2D eigenvalue weighted by Crippen LogP contribution is -2.36. The third-order valence-electron chi connectivity index (χ3n) is 8.17. The Labute approximate surface area is 165 Å². The minimum absolute atomic E-state index is 1.01. The van der Waals surface area contributed by atoms with Crippen molar-refractivity contribution >= 4 is 0 Å². The summed E-state index contributed by atoms with van der Waals surface area (Å²) < 4.78 is 0. The monoisotopic (exact) mass is 359 g/mol. The number of rotatable bonds is 9. The van der Waals surface area contributed by atoms with E-state index in [0.29, 0.717) is 0 Å². The van der Waals surface area contributed by atoms with Gasteiger partial charge in [-0.25, -0.2) is 0 Å². The van der Waals surface area contributed by atoms with Gasteiger partial charge in [0.2, 0.25) is 0 Å². The normalized spacial score (nSPS) is 25.6. The molecule has 3 saturated carbocycles. The summed E-state index contributed by atoms with van der Waals surface area (Å²) in [5, 5.41) is 0. The number of unbranched alkanes of at least 4 members (excludes halogenated alkanes) is 3. The molecule has 3 rings (SSSR count). The van der Waals surface area contributed by atoms with Gasteiger partial charge in [0.15, 0.2) is 0 Å². The first kappa shape index (κ1) is 20.7. The summed E-state index contributed by atoms with van der Waals surface area (Å²) >= 11 is 0. The molecular weight excluding hydrogens is 312 g/mol. The first-order valence-corrected chi connectivity index (χ1v) is 12.8. The largest absolute Gasteiger partial charge is 0.0654 e. The molecule has 0 nitrogen and oxygen atoms in total. The number of hydrogen-bond donors (Lipinski definition) is 0. The van der Waals surface area contributed by atoms with Crippen molar-refractivity contribution in [2.45, 2.75) is 135 Å². The SMILES string of the molecule is CCCCCCC([C](C1CCCCC1)C1CCCCC1)C1CCCCC1. The van der Waals surface area contributed by atoms with E-state index < -0.39 is 0 Å². The summed E-state index contributed by atoms with van der Waals surface area (Å²) in [5.41, 5.74) is 0. The van der Waals surface area contributed by atoms with Crippen LogP contribution < -0.4 is 0 Å². The molecule has 1 radical (unpaired) electrons. The molecule has 0 heteroatoms. The Morgan fingerprint density at radius 1 is 0.615 bits per heavy atom. The second kappa shape index (κ2) is 11.8. The van der Waals surface area contributed by atoms with Crippen molar-refractivity contribution in [3.8, 4) is 0 Å². The van der Waals surface area contributed by atoms with Crippen molar-refractivity contribution in [2.75, 3.05) is 0 Å². The molecule has 0 heterocycles. The quantitative estimate of drug-likeness (QED) is 0.360. The molecule has 0 bridgehead atoms. The fraction of sp³-hybridized carbons (Fsp3) is 0.962. The maximum absolute atomic E-state index is 2.36. The highest BCUT2D eigenvalue weighted by molar-refractivity contribution is 5.09. The van der Waals surface area contributed by atoms with Crippen LogP contribution in [-0.4, -0.2) is 0 Å². The molecule has 0 aromatic carbocycles. The highest BCUT2D eigenvalue weighted by Gasteiger charge is 2.40. The molecule has 3 aliphatic rings. The molecule has 1 atom stereocenters. The lowest BCUT2D eigenvalue weighted by atomic mass is 9.59. The zero-order valence-electron chi connectivity index (χ0n) is 18.0. The van der Waals surface area contributed by atoms with E-state index in [-0.39, 0.29) is 0 Å². The van der Waals surface area contributed by atoms with Gasteiger partial charge in [-0.2, -0.15) is 0 Å². The van der Waals surface area contributed by atoms with Gasteiger partial charge in [-0.3, -0.25) is 0 Å². The molecular formula is C26H47. The molecule has 0 spiro atoms. The van der Waals surface area contributed by atoms with E-state index in [1.165, 1.54) is 83.5 Å². The summed E-state index contributed by atoms with van der Waals surface area (Å²) in [6, 6.07) is 0. The summed E-state index contributed by atoms with van der Waals surface area (Å²) in [5.74, 6) is 6.27. The maximum atomic E-state index is 2.36. The Bertz CT molecular complexity index is 323. The van der Waals surface area contributed by atoms with Crippen LogP contribution in [0.25, 0.3) is 0 Å². The standard InChI is InChI=1S/C26H47/c1-2-3-4-14-21-25(22-15-8-5-9-16-22)26(23-17-10-6-11-18-23)24-19-12-7-13-20-24/h22-25H,2-21H2,1H3. The molecule has 1 unspecified atom stereocenters. The van der Waals surface area contributed by atoms with Crippen LogP contribution in [0.15, 0.2) is 0 Å². The predicted octanol–water partition coefficient (Wildman–Crippen LogP) is 8.89. The van der Waals surface area contributed by atoms with E-state index in [9.17, 15) is 0 Å². The molecule has 0 aromatic heterocycles. The van der Waals surface area contributed by atoms with Crippen LogP contribution in [0.4, 0.5) is 0 Å². The van der Waals surface area contributed by atoms with Gasteiger partial charge in [0.05, 0.1) is 0 Å². The van der Waals surface area contributed by atoms with E-state index >= 15 is 0 Å². The van der Waals surface area contributed by atoms with Crippen LogP contribution in [0, 0.1) is 29.6 Å². The highest BCUT2D eigenvalue weighted by atomic mass is 14.4. The Morgan fingerprint density at radius 2 is 1.12 bits per heavy atom. The zero-order valence-corrected chi connectivity index (χ0v) is 18.0. The minimum atomic E-state index is 1.01. The molecule has 151 valence electrons. The molecule has 26 heavy (non-hydrogen) atoms. The third-order valence-corrected chi connectivity index (χ3v) is 8.17. The van der Waals surface area contributed by atoms with Gasteiger partial charge in [-0.1, -0.05) is 103 Å². The van der Waals surface area contributed by atoms with Crippen molar-refractivity contribution < 1.29 is 0 Å². The van der Waals surface area contributed by atoms with Crippen LogP contribution >= 0.6 is 0 Å². The lowest BCUT2D eigenvalue weighted by Gasteiger charge is -2.46. The molecule has 3 fully saturated rings. The Hall–Kier alpha value is 0. The average Bonchev–Trinajstić information content (AvgIpc) is 2.72. The lowest BCUT2D eigenvalue weighted by molar-refractivity contribution is 0.156. The van der Waals surface area contributed by atoms with Gasteiger partial charge < -0.3 is 0 Å². The topological polar surface area (TPSA) is 0 Å². The first-order valence-electron chi connectivity index (χ1n) is 12.8. The van der Waals surface area contributed by atoms with E-state index in [0.717, 1.165) is 23.7 Å². The summed E-state index contributed by atoms with van der Waals surface area (Å²) in [4.78, 5) is 0. The van der Waals surface area contributed by atoms with Crippen molar-refractivity contribution in [2.24, 2.45) is 23.7 Å². The second-order valence-corrected chi connectivity index (χ2v) is 10.0. The Balaban J connectivity index is 1.73. The average molecular weight is 360 g/mol. The van der Waals surface area contributed by atoms with Gasteiger partial charge in [0.1, 0.15) is 0 Å². The van der Waals surface area contributed by atoms with E-state index in [4.69, 9.17) is 0 Å². The Kier molecular flexibility index (Phi) is 9.37. The van der Waals surface area contributed by atoms with Crippen molar-refractivity contribution in [3.05, 3.63) is 5.92 Å². The molecule has 0 saturated heterocycles. The maximum Gasteiger partial charge on any atom is -0.0145 e. The van der Waals surface area contributed by atoms with Gasteiger partial charge in [0.25, 0.3) is 0 Å². The summed E-state index contributed by atoms with van der Waals surface area (Å²) in [6.07, 6.45) is 30.4. The predicted molar refractivity (Wildman–Crippen MR) is 115 cm³/mol. The van der Waals surface area contributed by atoms with Gasteiger partial charge in [-0.15, -0.1) is 0 Å². The molecule has 0 N–H and O–H groups in total. The highest BCUT2D eigenvalue weighted by Crippen LogP contribution is 2.50. The van der Waals surface area contributed by atoms with Crippen LogP contribution in [-0.2, 0) is 0 Å². The molecule has 0 amide bonds. The van der Waals surface area contributed by atoms with Crippen LogP contribution in [0.1, 0.15) is 135 Å². The van der Waals surface area contributed by atoms with E-state index in [1.807, 2.05) is 0 Å². The Morgan fingerprint density at radius 3 is 1.62 bits per heavy atom. The minimum Gasteiger partial charge on any atom is -0.0654 e. The fourth-order valence-corrected chi connectivity index (χ4v) is 6.81. The van der Waals surface area contributed by atoms with Crippen LogP contribution in [0.5, 0.6) is 0 Å². The van der Waals surface area contributed by atoms with E-state index in [1.54, 1.807) is 44.9 Å². The van der Waals surface area contributed by atoms with Gasteiger partial charge in [0, 0.05) is 0 Å². The first-order chi connectivity index (χ1) is 12.9. The van der Waals surface area contributed by atoms with Crippen LogP contribution in [0.3, 0.4) is 0 Å². The summed E-state index contributed by atoms with van der Waals surface area (Å²) in [7, 11) is 0. The summed E-state index contributed by atoms with van der Waals surface area (Å²) in [6.45, 7) is 2.36. The second-order valence-electron chi connectivity index (χ2n) is 10.0. The number of hydrogen-bond acceptors (Lipinski definition) is 0. The van der Waals surface area contributed by atoms with Gasteiger partial charge in [-0.05, 0) is 61.7 Å². The molecule has 0 aromatic rings. The zero-order chi connectivity index (χ0) is 18.0. The van der Waals surface area contributed by atoms with E-state index in [2.05, 4.69) is 12.8 Å². The van der Waals surface area contributed by atoms with Crippen molar-refractivity contribution in [1.82, 2.24) is 0 Å². The van der Waals surface area contributed by atoms with Crippen LogP contribution in [0.2, 0.25) is 0 Å². The van der Waals surface area contributed by atoms with Crippen molar-refractivity contribution in [3.63, 3.8) is 0 Å². The van der Waals surface area contributed by atoms with Crippen molar-refractivity contribution in [1.29, 1.82) is 0 Å².